The molecule has 38 heavy (non-hydrogen) atoms. The molecule has 4 N–H and O–H groups in total. The summed E-state index contributed by atoms with van der Waals surface area (Å²) in [5.74, 6) is 0.308. The van der Waals surface area contributed by atoms with Gasteiger partial charge in [0.05, 0.1) is 23.3 Å². The fourth-order valence-electron chi connectivity index (χ4n) is 5.50. The summed E-state index contributed by atoms with van der Waals surface area (Å²) < 4.78 is 26.5. The standard InChI is InChI=1S/C29H36N4O3S2/c1-2-38(35,36)33-24-10-4-20(5-11-24)16-27(34)32-25-17-26(22-12-15-37-19-22)28(31-18-25)21-6-8-23(9-7-21)29(30)13-3-14-29/h6-9,12,15,17-20,24,33H,2-5,10-11,13-14,16,30H2,1H3,(H,32,34). The number of aromatic nitrogens is 1. The van der Waals surface area contributed by atoms with Gasteiger partial charge >= 0.3 is 0 Å². The Kier molecular flexibility index (Phi) is 8.00. The second kappa shape index (κ2) is 11.3. The molecular weight excluding hydrogens is 516 g/mol. The predicted octanol–water partition coefficient (Wildman–Crippen LogP) is 5.64. The van der Waals surface area contributed by atoms with E-state index in [9.17, 15) is 13.2 Å². The molecule has 1 aromatic carbocycles. The zero-order valence-electron chi connectivity index (χ0n) is 21.8. The number of carbonyl (C=O) groups is 1. The number of rotatable bonds is 9. The third kappa shape index (κ3) is 6.17. The highest BCUT2D eigenvalue weighted by Crippen LogP contribution is 2.40. The van der Waals surface area contributed by atoms with Crippen LogP contribution in [0.3, 0.4) is 0 Å². The largest absolute Gasteiger partial charge is 0.325 e. The molecule has 0 bridgehead atoms. The average Bonchev–Trinajstić information content (AvgIpc) is 3.43. The Balaban J connectivity index is 1.26. The van der Waals surface area contributed by atoms with E-state index in [0.717, 1.165) is 60.9 Å². The van der Waals surface area contributed by atoms with Crippen molar-refractivity contribution in [2.45, 2.75) is 69.9 Å². The Hall–Kier alpha value is -2.59. The van der Waals surface area contributed by atoms with E-state index < -0.39 is 10.0 Å². The van der Waals surface area contributed by atoms with Crippen LogP contribution in [0.25, 0.3) is 22.4 Å². The molecule has 2 fully saturated rings. The van der Waals surface area contributed by atoms with E-state index in [4.69, 9.17) is 10.7 Å². The van der Waals surface area contributed by atoms with Crippen LogP contribution in [0.2, 0.25) is 0 Å². The second-order valence-corrected chi connectivity index (χ2v) is 13.5. The van der Waals surface area contributed by atoms with Gasteiger partial charge < -0.3 is 11.1 Å². The molecule has 7 nitrogen and oxygen atoms in total. The van der Waals surface area contributed by atoms with Crippen molar-refractivity contribution in [3.8, 4) is 22.4 Å². The second-order valence-electron chi connectivity index (χ2n) is 10.7. The number of anilines is 1. The van der Waals surface area contributed by atoms with Gasteiger partial charge in [-0.2, -0.15) is 11.3 Å². The molecule has 2 aliphatic carbocycles. The fourth-order valence-corrected chi connectivity index (χ4v) is 7.07. The molecular formula is C29H36N4O3S2. The number of hydrogen-bond acceptors (Lipinski definition) is 6. The van der Waals surface area contributed by atoms with E-state index in [1.807, 2.05) is 11.4 Å². The van der Waals surface area contributed by atoms with Crippen LogP contribution in [-0.4, -0.2) is 31.1 Å². The Morgan fingerprint density at radius 2 is 1.84 bits per heavy atom. The molecule has 1 amide bonds. The van der Waals surface area contributed by atoms with Crippen molar-refractivity contribution in [2.24, 2.45) is 11.7 Å². The normalized spacial score (nSPS) is 21.0. The maximum atomic E-state index is 12.9. The van der Waals surface area contributed by atoms with Gasteiger partial charge in [-0.05, 0) is 91.8 Å². The van der Waals surface area contributed by atoms with Gasteiger partial charge in [0, 0.05) is 29.1 Å². The highest BCUT2D eigenvalue weighted by Gasteiger charge is 2.34. The quantitative estimate of drug-likeness (QED) is 0.318. The summed E-state index contributed by atoms with van der Waals surface area (Å²) in [6, 6.07) is 12.5. The Bertz CT molecular complexity index is 1360. The number of amides is 1. The molecule has 2 heterocycles. The fraction of sp³-hybridized carbons (Fsp3) is 0.448. The van der Waals surface area contributed by atoms with Crippen LogP contribution in [0, 0.1) is 5.92 Å². The number of carbonyl (C=O) groups excluding carboxylic acids is 1. The van der Waals surface area contributed by atoms with E-state index in [0.29, 0.717) is 12.1 Å². The summed E-state index contributed by atoms with van der Waals surface area (Å²) in [5, 5.41) is 7.18. The lowest BCUT2D eigenvalue weighted by molar-refractivity contribution is -0.117. The lowest BCUT2D eigenvalue weighted by Crippen LogP contribution is -2.43. The van der Waals surface area contributed by atoms with E-state index in [1.165, 1.54) is 12.0 Å². The summed E-state index contributed by atoms with van der Waals surface area (Å²) in [5.41, 5.74) is 12.1. The van der Waals surface area contributed by atoms with Crippen LogP contribution in [0.1, 0.15) is 63.9 Å². The first-order valence-electron chi connectivity index (χ1n) is 13.5. The first-order valence-corrected chi connectivity index (χ1v) is 16.1. The van der Waals surface area contributed by atoms with Gasteiger partial charge in [-0.25, -0.2) is 13.1 Å². The monoisotopic (exact) mass is 552 g/mol. The van der Waals surface area contributed by atoms with Crippen molar-refractivity contribution < 1.29 is 13.2 Å². The Labute approximate surface area is 229 Å². The number of hydrogen-bond donors (Lipinski definition) is 3. The molecule has 0 saturated heterocycles. The average molecular weight is 553 g/mol. The molecule has 2 aliphatic rings. The molecule has 2 saturated carbocycles. The van der Waals surface area contributed by atoms with Gasteiger partial charge in [-0.3, -0.25) is 9.78 Å². The molecule has 0 spiro atoms. The summed E-state index contributed by atoms with van der Waals surface area (Å²) >= 11 is 1.63. The zero-order valence-corrected chi connectivity index (χ0v) is 23.4. The van der Waals surface area contributed by atoms with Crippen molar-refractivity contribution in [3.63, 3.8) is 0 Å². The van der Waals surface area contributed by atoms with Crippen molar-refractivity contribution in [2.75, 3.05) is 11.1 Å². The lowest BCUT2D eigenvalue weighted by atomic mass is 9.72. The van der Waals surface area contributed by atoms with Gasteiger partial charge in [0.15, 0.2) is 0 Å². The van der Waals surface area contributed by atoms with Crippen molar-refractivity contribution >= 4 is 33.0 Å². The van der Waals surface area contributed by atoms with Crippen LogP contribution in [0.5, 0.6) is 0 Å². The maximum Gasteiger partial charge on any atom is 0.224 e. The summed E-state index contributed by atoms with van der Waals surface area (Å²) in [6.45, 7) is 1.64. The highest BCUT2D eigenvalue weighted by atomic mass is 32.2. The summed E-state index contributed by atoms with van der Waals surface area (Å²) in [7, 11) is -3.20. The van der Waals surface area contributed by atoms with Gasteiger partial charge in [0.2, 0.25) is 15.9 Å². The molecule has 9 heteroatoms. The molecule has 0 radical (unpaired) electrons. The number of nitrogens with zero attached hydrogens (tertiary/aromatic N) is 1. The third-order valence-electron chi connectivity index (χ3n) is 8.03. The van der Waals surface area contributed by atoms with Crippen LogP contribution in [-0.2, 0) is 20.4 Å². The molecule has 5 rings (SSSR count). The number of thiophene rings is 1. The van der Waals surface area contributed by atoms with Gasteiger partial charge in [-0.15, -0.1) is 0 Å². The molecule has 202 valence electrons. The molecule has 0 atom stereocenters. The minimum absolute atomic E-state index is 0.0256. The number of benzene rings is 1. The Morgan fingerprint density at radius 1 is 1.11 bits per heavy atom. The molecule has 2 aromatic heterocycles. The third-order valence-corrected chi connectivity index (χ3v) is 10.2. The van der Waals surface area contributed by atoms with Gasteiger partial charge in [-0.1, -0.05) is 24.3 Å². The van der Waals surface area contributed by atoms with E-state index in [1.54, 1.807) is 24.5 Å². The van der Waals surface area contributed by atoms with E-state index >= 15 is 0 Å². The number of nitrogens with two attached hydrogens (primary N) is 1. The number of nitrogens with one attached hydrogen (secondary N) is 2. The maximum absolute atomic E-state index is 12.9. The number of pyridine rings is 1. The number of sulfonamides is 1. The van der Waals surface area contributed by atoms with Crippen molar-refractivity contribution in [3.05, 3.63) is 58.9 Å². The van der Waals surface area contributed by atoms with E-state index in [-0.39, 0.29) is 29.2 Å². The van der Waals surface area contributed by atoms with Crippen molar-refractivity contribution in [1.82, 2.24) is 9.71 Å². The summed E-state index contributed by atoms with van der Waals surface area (Å²) in [4.78, 5) is 17.7. The first kappa shape index (κ1) is 27.0. The predicted molar refractivity (Wildman–Crippen MR) is 154 cm³/mol. The minimum Gasteiger partial charge on any atom is -0.325 e. The lowest BCUT2D eigenvalue weighted by Gasteiger charge is -2.38. The topological polar surface area (TPSA) is 114 Å². The van der Waals surface area contributed by atoms with Crippen LogP contribution in [0.4, 0.5) is 5.69 Å². The summed E-state index contributed by atoms with van der Waals surface area (Å²) in [6.07, 6.45) is 8.57. The SMILES string of the molecule is CCS(=O)(=O)NC1CCC(CC(=O)Nc2cnc(-c3ccc(C4(N)CCC4)cc3)c(-c3ccsc3)c2)CC1. The van der Waals surface area contributed by atoms with Crippen molar-refractivity contribution in [1.29, 1.82) is 0 Å². The Morgan fingerprint density at radius 3 is 2.45 bits per heavy atom. The highest BCUT2D eigenvalue weighted by molar-refractivity contribution is 7.89. The smallest absolute Gasteiger partial charge is 0.224 e. The molecule has 3 aromatic rings. The minimum atomic E-state index is -3.20. The van der Waals surface area contributed by atoms with Crippen LogP contribution in [0.15, 0.2) is 53.4 Å². The van der Waals surface area contributed by atoms with E-state index in [2.05, 4.69) is 45.8 Å². The van der Waals surface area contributed by atoms with Crippen LogP contribution < -0.4 is 15.8 Å². The molecule has 0 unspecified atom stereocenters. The first-order chi connectivity index (χ1) is 18.2. The molecule has 0 aliphatic heterocycles. The van der Waals surface area contributed by atoms with Gasteiger partial charge in [0.1, 0.15) is 0 Å². The van der Waals surface area contributed by atoms with Crippen LogP contribution >= 0.6 is 11.3 Å². The van der Waals surface area contributed by atoms with Gasteiger partial charge in [0.25, 0.3) is 0 Å². The zero-order chi connectivity index (χ0) is 26.8.